The molecule has 1 unspecified atom stereocenters. The van der Waals surface area contributed by atoms with Crippen LogP contribution in [0.5, 0.6) is 5.75 Å². The van der Waals surface area contributed by atoms with Gasteiger partial charge in [0.2, 0.25) is 0 Å². The second-order valence-electron chi connectivity index (χ2n) is 5.08. The molecule has 0 aliphatic heterocycles. The lowest BCUT2D eigenvalue weighted by Gasteiger charge is -2.19. The molecule has 3 nitrogen and oxygen atoms in total. The van der Waals surface area contributed by atoms with Crippen molar-refractivity contribution in [1.82, 2.24) is 0 Å². The van der Waals surface area contributed by atoms with E-state index in [-0.39, 0.29) is 5.92 Å². The van der Waals surface area contributed by atoms with Gasteiger partial charge in [-0.3, -0.25) is 4.79 Å². The lowest BCUT2D eigenvalue weighted by atomic mass is 9.88. The molecule has 0 spiro atoms. The van der Waals surface area contributed by atoms with Gasteiger partial charge in [0.1, 0.15) is 5.75 Å². The zero-order chi connectivity index (χ0) is 13.7. The van der Waals surface area contributed by atoms with Crippen molar-refractivity contribution >= 4 is 21.9 Å². The molecule has 1 aliphatic rings. The average Bonchev–Trinajstić information content (AvgIpc) is 2.88. The van der Waals surface area contributed by atoms with Crippen molar-refractivity contribution in [2.45, 2.75) is 32.1 Å². The Bertz CT molecular complexity index is 427. The molecule has 0 amide bonds. The van der Waals surface area contributed by atoms with Crippen LogP contribution in [0.3, 0.4) is 0 Å². The summed E-state index contributed by atoms with van der Waals surface area (Å²) in [7, 11) is 0. The highest BCUT2D eigenvalue weighted by Crippen LogP contribution is 2.33. The minimum atomic E-state index is -0.676. The fourth-order valence-corrected chi connectivity index (χ4v) is 3.16. The van der Waals surface area contributed by atoms with E-state index < -0.39 is 5.97 Å². The van der Waals surface area contributed by atoms with E-state index in [1.807, 2.05) is 24.3 Å². The van der Waals surface area contributed by atoms with Crippen LogP contribution >= 0.6 is 15.9 Å². The van der Waals surface area contributed by atoms with Gasteiger partial charge in [0.05, 0.1) is 12.5 Å². The molecular weight excluding hydrogens is 308 g/mol. The van der Waals surface area contributed by atoms with Gasteiger partial charge in [-0.15, -0.1) is 0 Å². The van der Waals surface area contributed by atoms with E-state index in [0.29, 0.717) is 18.9 Å². The Balaban J connectivity index is 1.83. The summed E-state index contributed by atoms with van der Waals surface area (Å²) < 4.78 is 6.60. The minimum absolute atomic E-state index is 0.255. The van der Waals surface area contributed by atoms with E-state index in [0.717, 1.165) is 23.1 Å². The van der Waals surface area contributed by atoms with Gasteiger partial charge in [-0.2, -0.15) is 0 Å². The molecule has 1 saturated carbocycles. The van der Waals surface area contributed by atoms with Crippen LogP contribution in [-0.2, 0) is 4.79 Å². The van der Waals surface area contributed by atoms with Crippen molar-refractivity contribution in [3.8, 4) is 5.75 Å². The lowest BCUT2D eigenvalue weighted by Crippen LogP contribution is -2.24. The van der Waals surface area contributed by atoms with Crippen LogP contribution < -0.4 is 4.74 Å². The average molecular weight is 327 g/mol. The quantitative estimate of drug-likeness (QED) is 0.855. The third-order valence-corrected chi connectivity index (χ3v) is 4.27. The van der Waals surface area contributed by atoms with Gasteiger partial charge in [-0.1, -0.05) is 34.8 Å². The normalized spacial score (nSPS) is 17.3. The van der Waals surface area contributed by atoms with Crippen LogP contribution in [-0.4, -0.2) is 17.7 Å². The Hall–Kier alpha value is -1.03. The molecule has 19 heavy (non-hydrogen) atoms. The maximum atomic E-state index is 11.3. The standard InChI is InChI=1S/C15H19BrO3/c16-12-6-3-7-13(10-12)19-9-8-14(15(17)18)11-4-1-2-5-11/h3,6-7,10-11,14H,1-2,4-5,8-9H2,(H,17,18). The van der Waals surface area contributed by atoms with Crippen LogP contribution in [0.1, 0.15) is 32.1 Å². The number of halogens is 1. The minimum Gasteiger partial charge on any atom is -0.494 e. The maximum Gasteiger partial charge on any atom is 0.306 e. The fraction of sp³-hybridized carbons (Fsp3) is 0.533. The number of carbonyl (C=O) groups is 1. The summed E-state index contributed by atoms with van der Waals surface area (Å²) in [4.78, 5) is 11.3. The first kappa shape index (κ1) is 14.4. The molecule has 0 radical (unpaired) electrons. The maximum absolute atomic E-state index is 11.3. The smallest absolute Gasteiger partial charge is 0.306 e. The van der Waals surface area contributed by atoms with E-state index in [9.17, 15) is 9.90 Å². The second kappa shape index (κ2) is 6.94. The number of hydrogen-bond donors (Lipinski definition) is 1. The number of ether oxygens (including phenoxy) is 1. The molecule has 0 heterocycles. The molecule has 1 aromatic rings. The Morgan fingerprint density at radius 3 is 2.79 bits per heavy atom. The molecule has 0 saturated heterocycles. The third kappa shape index (κ3) is 4.23. The van der Waals surface area contributed by atoms with Crippen molar-refractivity contribution < 1.29 is 14.6 Å². The predicted molar refractivity (Wildman–Crippen MR) is 77.3 cm³/mol. The highest BCUT2D eigenvalue weighted by atomic mass is 79.9. The Kier molecular flexibility index (Phi) is 5.25. The zero-order valence-electron chi connectivity index (χ0n) is 10.8. The van der Waals surface area contributed by atoms with E-state index in [1.165, 1.54) is 12.8 Å². The van der Waals surface area contributed by atoms with Crippen molar-refractivity contribution in [2.24, 2.45) is 11.8 Å². The van der Waals surface area contributed by atoms with Crippen LogP contribution in [0.4, 0.5) is 0 Å². The van der Waals surface area contributed by atoms with Gasteiger partial charge < -0.3 is 9.84 Å². The van der Waals surface area contributed by atoms with Crippen molar-refractivity contribution in [2.75, 3.05) is 6.61 Å². The fourth-order valence-electron chi connectivity index (χ4n) is 2.78. The molecular formula is C15H19BrO3. The molecule has 0 bridgehead atoms. The van der Waals surface area contributed by atoms with Gasteiger partial charge in [-0.25, -0.2) is 0 Å². The van der Waals surface area contributed by atoms with Crippen LogP contribution in [0.25, 0.3) is 0 Å². The van der Waals surface area contributed by atoms with Gasteiger partial charge in [0, 0.05) is 4.47 Å². The molecule has 104 valence electrons. The Labute approximate surface area is 122 Å². The number of carboxylic acids is 1. The van der Waals surface area contributed by atoms with Gasteiger partial charge in [0.25, 0.3) is 0 Å². The Morgan fingerprint density at radius 2 is 2.16 bits per heavy atom. The first-order chi connectivity index (χ1) is 9.16. The van der Waals surface area contributed by atoms with E-state index in [1.54, 1.807) is 0 Å². The first-order valence-electron chi connectivity index (χ1n) is 6.78. The molecule has 2 rings (SSSR count). The summed E-state index contributed by atoms with van der Waals surface area (Å²) in [6, 6.07) is 7.62. The summed E-state index contributed by atoms with van der Waals surface area (Å²) in [5.74, 6) is 0.188. The number of rotatable bonds is 6. The van der Waals surface area contributed by atoms with Crippen LogP contribution in [0, 0.1) is 11.8 Å². The zero-order valence-corrected chi connectivity index (χ0v) is 12.4. The first-order valence-corrected chi connectivity index (χ1v) is 7.57. The molecule has 1 atom stereocenters. The van der Waals surface area contributed by atoms with E-state index in [4.69, 9.17) is 4.74 Å². The lowest BCUT2D eigenvalue weighted by molar-refractivity contribution is -0.144. The molecule has 1 fully saturated rings. The summed E-state index contributed by atoms with van der Waals surface area (Å²) in [5, 5.41) is 9.31. The number of aliphatic carboxylic acids is 1. The third-order valence-electron chi connectivity index (χ3n) is 3.78. The highest BCUT2D eigenvalue weighted by molar-refractivity contribution is 9.10. The molecule has 4 heteroatoms. The number of carboxylic acid groups (broad SMARTS) is 1. The number of benzene rings is 1. The summed E-state index contributed by atoms with van der Waals surface area (Å²) in [6.07, 6.45) is 5.02. The second-order valence-corrected chi connectivity index (χ2v) is 6.00. The molecule has 1 N–H and O–H groups in total. The van der Waals surface area contributed by atoms with Crippen molar-refractivity contribution in [1.29, 1.82) is 0 Å². The molecule has 1 aromatic carbocycles. The van der Waals surface area contributed by atoms with Crippen LogP contribution in [0.15, 0.2) is 28.7 Å². The summed E-state index contributed by atoms with van der Waals surface area (Å²) >= 11 is 3.39. The van der Waals surface area contributed by atoms with E-state index in [2.05, 4.69) is 15.9 Å². The van der Waals surface area contributed by atoms with Crippen molar-refractivity contribution in [3.05, 3.63) is 28.7 Å². The molecule has 1 aliphatic carbocycles. The van der Waals surface area contributed by atoms with E-state index >= 15 is 0 Å². The van der Waals surface area contributed by atoms with Gasteiger partial charge in [0.15, 0.2) is 0 Å². The number of hydrogen-bond acceptors (Lipinski definition) is 2. The van der Waals surface area contributed by atoms with Crippen LogP contribution in [0.2, 0.25) is 0 Å². The highest BCUT2D eigenvalue weighted by Gasteiger charge is 2.30. The largest absolute Gasteiger partial charge is 0.494 e. The summed E-state index contributed by atoms with van der Waals surface area (Å²) in [5.41, 5.74) is 0. The monoisotopic (exact) mass is 326 g/mol. The summed E-state index contributed by atoms with van der Waals surface area (Å²) in [6.45, 7) is 0.462. The Morgan fingerprint density at radius 1 is 1.42 bits per heavy atom. The topological polar surface area (TPSA) is 46.5 Å². The SMILES string of the molecule is O=C(O)C(CCOc1cccc(Br)c1)C1CCCC1. The van der Waals surface area contributed by atoms with Gasteiger partial charge >= 0.3 is 5.97 Å². The predicted octanol–water partition coefficient (Wildman–Crippen LogP) is 4.11. The van der Waals surface area contributed by atoms with Crippen molar-refractivity contribution in [3.63, 3.8) is 0 Å². The molecule has 0 aromatic heterocycles. The van der Waals surface area contributed by atoms with Gasteiger partial charge in [-0.05, 0) is 43.4 Å².